The molecule has 0 radical (unpaired) electrons. The standard InChI is InChI=1S/C21H25N3O3/c1-2-17(14-6-4-3-5-7-14)21(26)24(16-10-11-16)12-19-23-18(13-27-19)20(25)22-15-8-9-15/h3-7,13,15-17H,2,8-12H2,1H3,(H,22,25)/t17-/m0/s1. The molecule has 0 saturated heterocycles. The summed E-state index contributed by atoms with van der Waals surface area (Å²) in [5, 5.41) is 2.90. The van der Waals surface area contributed by atoms with Crippen LogP contribution in [0.15, 0.2) is 41.0 Å². The summed E-state index contributed by atoms with van der Waals surface area (Å²) in [6.07, 6.45) is 6.19. The smallest absolute Gasteiger partial charge is 0.273 e. The summed E-state index contributed by atoms with van der Waals surface area (Å²) in [6.45, 7) is 2.34. The van der Waals surface area contributed by atoms with E-state index in [2.05, 4.69) is 10.3 Å². The van der Waals surface area contributed by atoms with Crippen molar-refractivity contribution in [1.82, 2.24) is 15.2 Å². The van der Waals surface area contributed by atoms with Crippen LogP contribution >= 0.6 is 0 Å². The number of benzene rings is 1. The predicted molar refractivity (Wildman–Crippen MR) is 100 cm³/mol. The molecular weight excluding hydrogens is 342 g/mol. The number of rotatable bonds is 8. The lowest BCUT2D eigenvalue weighted by Crippen LogP contribution is -2.36. The summed E-state index contributed by atoms with van der Waals surface area (Å²) < 4.78 is 5.50. The highest BCUT2D eigenvalue weighted by molar-refractivity contribution is 5.92. The van der Waals surface area contributed by atoms with Gasteiger partial charge in [-0.2, -0.15) is 0 Å². The average molecular weight is 367 g/mol. The number of carbonyl (C=O) groups excluding carboxylic acids is 2. The number of aromatic nitrogens is 1. The second kappa shape index (κ2) is 7.55. The van der Waals surface area contributed by atoms with Crippen LogP contribution in [-0.2, 0) is 11.3 Å². The number of hydrogen-bond donors (Lipinski definition) is 1. The predicted octanol–water partition coefficient (Wildman–Crippen LogP) is 3.25. The molecule has 0 bridgehead atoms. The molecule has 2 aliphatic rings. The molecule has 2 saturated carbocycles. The first-order chi connectivity index (χ1) is 13.2. The fourth-order valence-electron chi connectivity index (χ4n) is 3.33. The van der Waals surface area contributed by atoms with E-state index in [1.807, 2.05) is 42.2 Å². The third kappa shape index (κ3) is 4.21. The van der Waals surface area contributed by atoms with Gasteiger partial charge in [-0.05, 0) is 37.7 Å². The fourth-order valence-corrected chi connectivity index (χ4v) is 3.33. The summed E-state index contributed by atoms with van der Waals surface area (Å²) in [6, 6.07) is 10.4. The highest BCUT2D eigenvalue weighted by Crippen LogP contribution is 2.32. The van der Waals surface area contributed by atoms with Gasteiger partial charge in [0.05, 0.1) is 12.5 Å². The third-order valence-electron chi connectivity index (χ3n) is 5.18. The van der Waals surface area contributed by atoms with E-state index in [0.29, 0.717) is 12.4 Å². The van der Waals surface area contributed by atoms with E-state index >= 15 is 0 Å². The van der Waals surface area contributed by atoms with Crippen LogP contribution in [0.3, 0.4) is 0 Å². The zero-order chi connectivity index (χ0) is 18.8. The van der Waals surface area contributed by atoms with Crippen molar-refractivity contribution in [2.45, 2.75) is 63.6 Å². The van der Waals surface area contributed by atoms with Crippen LogP contribution in [0.1, 0.15) is 66.9 Å². The van der Waals surface area contributed by atoms with E-state index in [-0.39, 0.29) is 35.5 Å². The molecule has 6 nitrogen and oxygen atoms in total. The number of carbonyl (C=O) groups is 2. The molecular formula is C21H25N3O3. The van der Waals surface area contributed by atoms with Crippen LogP contribution in [0.25, 0.3) is 0 Å². The van der Waals surface area contributed by atoms with Crippen molar-refractivity contribution in [2.75, 3.05) is 0 Å². The second-order valence-corrected chi connectivity index (χ2v) is 7.44. The average Bonchev–Trinajstić information content (AvgIpc) is 3.61. The maximum atomic E-state index is 13.2. The summed E-state index contributed by atoms with van der Waals surface area (Å²) >= 11 is 0. The minimum absolute atomic E-state index is 0.105. The van der Waals surface area contributed by atoms with Gasteiger partial charge in [0, 0.05) is 12.1 Å². The molecule has 0 aliphatic heterocycles. The van der Waals surface area contributed by atoms with Gasteiger partial charge in [-0.25, -0.2) is 4.98 Å². The molecule has 142 valence electrons. The first-order valence-corrected chi connectivity index (χ1v) is 9.76. The van der Waals surface area contributed by atoms with E-state index in [1.165, 1.54) is 6.26 Å². The summed E-state index contributed by atoms with van der Waals surface area (Å²) in [7, 11) is 0. The van der Waals surface area contributed by atoms with Crippen LogP contribution in [-0.4, -0.2) is 33.8 Å². The molecule has 1 aromatic heterocycles. The Kier molecular flexibility index (Phi) is 4.97. The van der Waals surface area contributed by atoms with E-state index in [0.717, 1.165) is 37.7 Å². The lowest BCUT2D eigenvalue weighted by molar-refractivity contribution is -0.134. The van der Waals surface area contributed by atoms with Crippen molar-refractivity contribution in [3.05, 3.63) is 53.7 Å². The number of nitrogens with zero attached hydrogens (tertiary/aromatic N) is 2. The number of oxazole rings is 1. The Labute approximate surface area is 159 Å². The maximum absolute atomic E-state index is 13.2. The van der Waals surface area contributed by atoms with Gasteiger partial charge in [0.15, 0.2) is 5.69 Å². The Bertz CT molecular complexity index is 809. The van der Waals surface area contributed by atoms with Gasteiger partial charge in [-0.3, -0.25) is 9.59 Å². The van der Waals surface area contributed by atoms with E-state index in [9.17, 15) is 9.59 Å². The molecule has 1 aromatic carbocycles. The second-order valence-electron chi connectivity index (χ2n) is 7.44. The molecule has 0 spiro atoms. The van der Waals surface area contributed by atoms with Crippen LogP contribution < -0.4 is 5.32 Å². The Morgan fingerprint density at radius 3 is 2.59 bits per heavy atom. The van der Waals surface area contributed by atoms with Crippen molar-refractivity contribution in [1.29, 1.82) is 0 Å². The van der Waals surface area contributed by atoms with Crippen molar-refractivity contribution < 1.29 is 14.0 Å². The molecule has 2 fully saturated rings. The molecule has 1 atom stereocenters. The zero-order valence-corrected chi connectivity index (χ0v) is 15.6. The van der Waals surface area contributed by atoms with Crippen LogP contribution in [0.4, 0.5) is 0 Å². The quantitative estimate of drug-likeness (QED) is 0.777. The summed E-state index contributed by atoms with van der Waals surface area (Å²) in [5.74, 6) is 0.152. The molecule has 1 heterocycles. The van der Waals surface area contributed by atoms with E-state index in [4.69, 9.17) is 4.42 Å². The third-order valence-corrected chi connectivity index (χ3v) is 5.18. The van der Waals surface area contributed by atoms with Crippen LogP contribution in [0, 0.1) is 0 Å². The minimum Gasteiger partial charge on any atom is -0.446 e. The Hall–Kier alpha value is -2.63. The fraction of sp³-hybridized carbons (Fsp3) is 0.476. The first-order valence-electron chi connectivity index (χ1n) is 9.76. The Balaban J connectivity index is 1.47. The van der Waals surface area contributed by atoms with Gasteiger partial charge in [0.25, 0.3) is 5.91 Å². The minimum atomic E-state index is -0.201. The number of amides is 2. The highest BCUT2D eigenvalue weighted by Gasteiger charge is 2.37. The first kappa shape index (κ1) is 17.8. The Morgan fingerprint density at radius 1 is 1.22 bits per heavy atom. The van der Waals surface area contributed by atoms with Crippen LogP contribution in [0.5, 0.6) is 0 Å². The van der Waals surface area contributed by atoms with Crippen molar-refractivity contribution in [3.63, 3.8) is 0 Å². The van der Waals surface area contributed by atoms with E-state index < -0.39 is 0 Å². The number of nitrogens with one attached hydrogen (secondary N) is 1. The largest absolute Gasteiger partial charge is 0.446 e. The molecule has 1 N–H and O–H groups in total. The zero-order valence-electron chi connectivity index (χ0n) is 15.6. The lowest BCUT2D eigenvalue weighted by atomic mass is 9.95. The molecule has 2 amide bonds. The summed E-state index contributed by atoms with van der Waals surface area (Å²) in [5.41, 5.74) is 1.32. The maximum Gasteiger partial charge on any atom is 0.273 e. The molecule has 2 aromatic rings. The van der Waals surface area contributed by atoms with Gasteiger partial charge in [-0.15, -0.1) is 0 Å². The van der Waals surface area contributed by atoms with Crippen molar-refractivity contribution in [3.8, 4) is 0 Å². The summed E-state index contributed by atoms with van der Waals surface area (Å²) in [4.78, 5) is 31.5. The number of hydrogen-bond acceptors (Lipinski definition) is 4. The van der Waals surface area contributed by atoms with E-state index in [1.54, 1.807) is 0 Å². The van der Waals surface area contributed by atoms with Gasteiger partial charge >= 0.3 is 0 Å². The van der Waals surface area contributed by atoms with Gasteiger partial charge in [0.1, 0.15) is 6.26 Å². The van der Waals surface area contributed by atoms with Crippen molar-refractivity contribution >= 4 is 11.8 Å². The lowest BCUT2D eigenvalue weighted by Gasteiger charge is -2.26. The van der Waals surface area contributed by atoms with Crippen LogP contribution in [0.2, 0.25) is 0 Å². The normalized spacial score (nSPS) is 17.4. The molecule has 27 heavy (non-hydrogen) atoms. The SMILES string of the molecule is CC[C@H](C(=O)N(Cc1nc(C(=O)NC2CC2)co1)C1CC1)c1ccccc1. The molecule has 6 heteroatoms. The van der Waals surface area contributed by atoms with Gasteiger partial charge in [-0.1, -0.05) is 37.3 Å². The monoisotopic (exact) mass is 367 g/mol. The molecule has 2 aliphatic carbocycles. The highest BCUT2D eigenvalue weighted by atomic mass is 16.3. The molecule has 4 rings (SSSR count). The van der Waals surface area contributed by atoms with Gasteiger partial charge in [0.2, 0.25) is 11.8 Å². The van der Waals surface area contributed by atoms with Gasteiger partial charge < -0.3 is 14.6 Å². The van der Waals surface area contributed by atoms with Crippen molar-refractivity contribution in [2.24, 2.45) is 0 Å². The topological polar surface area (TPSA) is 75.4 Å². The Morgan fingerprint density at radius 2 is 1.96 bits per heavy atom. The molecule has 0 unspecified atom stereocenters.